The number of hydrogen-bond donors (Lipinski definition) is 2. The maximum Gasteiger partial charge on any atom is 0.0870 e. The summed E-state index contributed by atoms with van der Waals surface area (Å²) in [5, 5.41) is 10.6. The zero-order chi connectivity index (χ0) is 14.5. The molecule has 0 aliphatic heterocycles. The highest BCUT2D eigenvalue weighted by Crippen LogP contribution is 2.32. The van der Waals surface area contributed by atoms with Crippen molar-refractivity contribution < 1.29 is 5.11 Å². The molecule has 0 saturated heterocycles. The Morgan fingerprint density at radius 2 is 1.70 bits per heavy atom. The van der Waals surface area contributed by atoms with Gasteiger partial charge in [-0.05, 0) is 35.6 Å². The van der Waals surface area contributed by atoms with Crippen LogP contribution in [0.15, 0.2) is 48.5 Å². The lowest BCUT2D eigenvalue weighted by Gasteiger charge is -2.24. The normalized spacial score (nSPS) is 14.0. The topological polar surface area (TPSA) is 46.2 Å². The summed E-state index contributed by atoms with van der Waals surface area (Å²) < 4.78 is 0. The van der Waals surface area contributed by atoms with E-state index in [1.165, 1.54) is 11.1 Å². The smallest absolute Gasteiger partial charge is 0.0870 e. The Kier molecular flexibility index (Phi) is 4.94. The SMILES string of the molecule is CCc1ccc(C(O)C(CN)c2ccccc2C)cc1. The number of hydrogen-bond acceptors (Lipinski definition) is 2. The largest absolute Gasteiger partial charge is 0.388 e. The Bertz CT molecular complexity index is 548. The first-order valence-electron chi connectivity index (χ1n) is 7.19. The molecular formula is C18H23NO. The first-order valence-corrected chi connectivity index (χ1v) is 7.19. The van der Waals surface area contributed by atoms with Crippen LogP contribution in [-0.4, -0.2) is 11.7 Å². The van der Waals surface area contributed by atoms with Crippen molar-refractivity contribution in [2.45, 2.75) is 32.3 Å². The molecule has 0 heterocycles. The van der Waals surface area contributed by atoms with Crippen LogP contribution in [0.5, 0.6) is 0 Å². The van der Waals surface area contributed by atoms with Crippen LogP contribution in [0.1, 0.15) is 41.2 Å². The summed E-state index contributed by atoms with van der Waals surface area (Å²) in [4.78, 5) is 0. The number of rotatable bonds is 5. The molecule has 0 aromatic heterocycles. The Morgan fingerprint density at radius 1 is 1.05 bits per heavy atom. The summed E-state index contributed by atoms with van der Waals surface area (Å²) in [5.41, 5.74) is 10.4. The second kappa shape index (κ2) is 6.69. The molecule has 0 spiro atoms. The van der Waals surface area contributed by atoms with Gasteiger partial charge in [0.2, 0.25) is 0 Å². The summed E-state index contributed by atoms with van der Waals surface area (Å²) in [6, 6.07) is 16.3. The molecule has 0 amide bonds. The van der Waals surface area contributed by atoms with Gasteiger partial charge in [0.25, 0.3) is 0 Å². The summed E-state index contributed by atoms with van der Waals surface area (Å²) in [5.74, 6) is -0.0660. The molecule has 3 N–H and O–H groups in total. The van der Waals surface area contributed by atoms with Crippen LogP contribution in [0.2, 0.25) is 0 Å². The molecule has 0 radical (unpaired) electrons. The molecule has 2 heteroatoms. The number of aliphatic hydroxyl groups is 1. The van der Waals surface area contributed by atoms with Crippen molar-refractivity contribution in [2.75, 3.05) is 6.54 Å². The van der Waals surface area contributed by atoms with Crippen LogP contribution >= 0.6 is 0 Å². The molecule has 0 saturated carbocycles. The van der Waals surface area contributed by atoms with Gasteiger partial charge in [0.1, 0.15) is 0 Å². The summed E-state index contributed by atoms with van der Waals surface area (Å²) in [6.45, 7) is 4.62. The lowest BCUT2D eigenvalue weighted by molar-refractivity contribution is 0.147. The third-order valence-electron chi connectivity index (χ3n) is 3.95. The molecule has 0 aliphatic carbocycles. The van der Waals surface area contributed by atoms with Gasteiger partial charge in [-0.2, -0.15) is 0 Å². The van der Waals surface area contributed by atoms with E-state index in [0.717, 1.165) is 17.5 Å². The van der Waals surface area contributed by atoms with Gasteiger partial charge in [-0.3, -0.25) is 0 Å². The van der Waals surface area contributed by atoms with Crippen molar-refractivity contribution in [3.63, 3.8) is 0 Å². The van der Waals surface area contributed by atoms with Gasteiger partial charge in [-0.15, -0.1) is 0 Å². The lowest BCUT2D eigenvalue weighted by atomic mass is 9.86. The fourth-order valence-corrected chi connectivity index (χ4v) is 2.61. The minimum absolute atomic E-state index is 0.0660. The van der Waals surface area contributed by atoms with Crippen LogP contribution in [0, 0.1) is 6.92 Å². The molecule has 2 rings (SSSR count). The van der Waals surface area contributed by atoms with Crippen molar-refractivity contribution in [3.05, 3.63) is 70.8 Å². The van der Waals surface area contributed by atoms with Gasteiger partial charge in [0, 0.05) is 12.5 Å². The molecule has 0 bridgehead atoms. The minimum Gasteiger partial charge on any atom is -0.388 e. The predicted molar refractivity (Wildman–Crippen MR) is 83.8 cm³/mol. The van der Waals surface area contributed by atoms with Gasteiger partial charge < -0.3 is 10.8 Å². The van der Waals surface area contributed by atoms with E-state index in [0.29, 0.717) is 6.54 Å². The maximum absolute atomic E-state index is 10.6. The van der Waals surface area contributed by atoms with E-state index in [1.807, 2.05) is 24.3 Å². The summed E-state index contributed by atoms with van der Waals surface area (Å²) in [7, 11) is 0. The molecule has 20 heavy (non-hydrogen) atoms. The van der Waals surface area contributed by atoms with Crippen LogP contribution in [-0.2, 0) is 6.42 Å². The van der Waals surface area contributed by atoms with Gasteiger partial charge >= 0.3 is 0 Å². The molecule has 2 unspecified atom stereocenters. The number of nitrogens with two attached hydrogens (primary N) is 1. The average molecular weight is 269 g/mol. The third kappa shape index (κ3) is 3.09. The molecule has 2 aromatic carbocycles. The maximum atomic E-state index is 10.6. The Hall–Kier alpha value is -1.64. The van der Waals surface area contributed by atoms with E-state index >= 15 is 0 Å². The van der Waals surface area contributed by atoms with Crippen LogP contribution in [0.3, 0.4) is 0 Å². The first kappa shape index (κ1) is 14.8. The van der Waals surface area contributed by atoms with Gasteiger partial charge in [0.05, 0.1) is 6.10 Å². The molecule has 2 nitrogen and oxygen atoms in total. The zero-order valence-electron chi connectivity index (χ0n) is 12.2. The van der Waals surface area contributed by atoms with Crippen molar-refractivity contribution in [3.8, 4) is 0 Å². The Labute approximate surface area is 121 Å². The standard InChI is InChI=1S/C18H23NO/c1-3-14-8-10-15(11-9-14)18(20)17(12-19)16-7-5-4-6-13(16)2/h4-11,17-18,20H,3,12,19H2,1-2H3. The van der Waals surface area contributed by atoms with Crippen LogP contribution in [0.4, 0.5) is 0 Å². The van der Waals surface area contributed by atoms with E-state index in [1.54, 1.807) is 0 Å². The highest BCUT2D eigenvalue weighted by Gasteiger charge is 2.22. The summed E-state index contributed by atoms with van der Waals surface area (Å²) >= 11 is 0. The summed E-state index contributed by atoms with van der Waals surface area (Å²) in [6.07, 6.45) is 0.445. The first-order chi connectivity index (χ1) is 9.67. The molecule has 0 aliphatic rings. The van der Waals surface area contributed by atoms with Crippen molar-refractivity contribution in [1.29, 1.82) is 0 Å². The number of aryl methyl sites for hydroxylation is 2. The monoisotopic (exact) mass is 269 g/mol. The van der Waals surface area contributed by atoms with E-state index in [2.05, 4.69) is 38.1 Å². The predicted octanol–water partition coefficient (Wildman–Crippen LogP) is 3.33. The Morgan fingerprint density at radius 3 is 2.25 bits per heavy atom. The molecule has 2 aromatic rings. The highest BCUT2D eigenvalue weighted by atomic mass is 16.3. The van der Waals surface area contributed by atoms with Crippen molar-refractivity contribution >= 4 is 0 Å². The minimum atomic E-state index is -0.563. The van der Waals surface area contributed by atoms with Crippen LogP contribution in [0.25, 0.3) is 0 Å². The van der Waals surface area contributed by atoms with Gasteiger partial charge in [-0.25, -0.2) is 0 Å². The Balaban J connectivity index is 2.28. The zero-order valence-corrected chi connectivity index (χ0v) is 12.2. The second-order valence-corrected chi connectivity index (χ2v) is 5.24. The van der Waals surface area contributed by atoms with E-state index in [4.69, 9.17) is 5.73 Å². The fourth-order valence-electron chi connectivity index (χ4n) is 2.61. The van der Waals surface area contributed by atoms with E-state index in [-0.39, 0.29) is 5.92 Å². The quantitative estimate of drug-likeness (QED) is 0.874. The van der Waals surface area contributed by atoms with Crippen molar-refractivity contribution in [2.24, 2.45) is 5.73 Å². The van der Waals surface area contributed by atoms with Gasteiger partial charge in [-0.1, -0.05) is 55.5 Å². The number of benzene rings is 2. The lowest BCUT2D eigenvalue weighted by Crippen LogP contribution is -2.21. The van der Waals surface area contributed by atoms with Gasteiger partial charge in [0.15, 0.2) is 0 Å². The molecule has 0 fully saturated rings. The van der Waals surface area contributed by atoms with Crippen molar-refractivity contribution in [1.82, 2.24) is 0 Å². The second-order valence-electron chi connectivity index (χ2n) is 5.24. The fraction of sp³-hybridized carbons (Fsp3) is 0.333. The average Bonchev–Trinajstić information content (AvgIpc) is 2.50. The number of aliphatic hydroxyl groups excluding tert-OH is 1. The van der Waals surface area contributed by atoms with E-state index < -0.39 is 6.10 Å². The van der Waals surface area contributed by atoms with E-state index in [9.17, 15) is 5.11 Å². The third-order valence-corrected chi connectivity index (χ3v) is 3.95. The van der Waals surface area contributed by atoms with Crippen LogP contribution < -0.4 is 5.73 Å². The molecular weight excluding hydrogens is 246 g/mol. The molecule has 2 atom stereocenters. The highest BCUT2D eigenvalue weighted by molar-refractivity contribution is 5.33. The molecule has 106 valence electrons.